The lowest BCUT2D eigenvalue weighted by molar-refractivity contribution is 0.217. The Kier molecular flexibility index (Phi) is 5.60. The molecule has 1 N–H and O–H groups in total. The van der Waals surface area contributed by atoms with E-state index in [9.17, 15) is 9.18 Å². The van der Waals surface area contributed by atoms with E-state index in [1.165, 1.54) is 25.0 Å². The predicted octanol–water partition coefficient (Wildman–Crippen LogP) is 2.64. The molecule has 0 radical (unpaired) electrons. The average Bonchev–Trinajstić information content (AvgIpc) is 3.28. The third-order valence-corrected chi connectivity index (χ3v) is 3.58. The van der Waals surface area contributed by atoms with Crippen molar-refractivity contribution in [3.8, 4) is 5.75 Å². The zero-order chi connectivity index (χ0) is 16.1. The van der Waals surface area contributed by atoms with Crippen molar-refractivity contribution in [3.05, 3.63) is 24.0 Å². The second-order valence-electron chi connectivity index (χ2n) is 6.05. The number of anilines is 1. The van der Waals surface area contributed by atoms with E-state index in [4.69, 9.17) is 4.74 Å². The highest BCUT2D eigenvalue weighted by Crippen LogP contribution is 2.32. The van der Waals surface area contributed by atoms with Crippen molar-refractivity contribution >= 4 is 11.7 Å². The van der Waals surface area contributed by atoms with Gasteiger partial charge < -0.3 is 19.9 Å². The minimum atomic E-state index is -0.398. The summed E-state index contributed by atoms with van der Waals surface area (Å²) in [5, 5.41) is 2.72. The molecule has 0 saturated heterocycles. The highest BCUT2D eigenvalue weighted by molar-refractivity contribution is 5.90. The molecule has 0 bridgehead atoms. The van der Waals surface area contributed by atoms with Crippen molar-refractivity contribution in [2.45, 2.75) is 12.8 Å². The van der Waals surface area contributed by atoms with Crippen LogP contribution in [-0.2, 0) is 0 Å². The summed E-state index contributed by atoms with van der Waals surface area (Å²) in [6.07, 6.45) is 2.35. The summed E-state index contributed by atoms with van der Waals surface area (Å²) in [4.78, 5) is 15.7. The van der Waals surface area contributed by atoms with Gasteiger partial charge in [-0.3, -0.25) is 0 Å². The van der Waals surface area contributed by atoms with Gasteiger partial charge in [-0.15, -0.1) is 0 Å². The Morgan fingerprint density at radius 3 is 2.68 bits per heavy atom. The Balaban J connectivity index is 1.96. The summed E-state index contributed by atoms with van der Waals surface area (Å²) < 4.78 is 19.1. The lowest BCUT2D eigenvalue weighted by atomic mass is 10.3. The van der Waals surface area contributed by atoms with Gasteiger partial charge in [-0.2, -0.15) is 0 Å². The number of hydrogen-bond donors (Lipinski definition) is 1. The summed E-state index contributed by atoms with van der Waals surface area (Å²) in [5.74, 6) is 0.712. The summed E-state index contributed by atoms with van der Waals surface area (Å²) in [6.45, 7) is 1.97. The van der Waals surface area contributed by atoms with Gasteiger partial charge in [0.05, 0.1) is 12.3 Å². The Morgan fingerprint density at radius 2 is 2.05 bits per heavy atom. The number of likely N-dealkylation sites (N-methyl/N-ethyl adjacent to an activating group) is 2. The molecule has 5 nitrogen and oxygen atoms in total. The van der Waals surface area contributed by atoms with Crippen molar-refractivity contribution in [2.24, 2.45) is 5.92 Å². The number of urea groups is 1. The number of ether oxygens (including phenoxy) is 1. The van der Waals surface area contributed by atoms with Crippen LogP contribution in [-0.4, -0.2) is 56.7 Å². The first-order valence-corrected chi connectivity index (χ1v) is 7.55. The normalized spacial score (nSPS) is 14.0. The molecule has 0 aliphatic heterocycles. The first-order valence-electron chi connectivity index (χ1n) is 7.55. The van der Waals surface area contributed by atoms with E-state index in [2.05, 4.69) is 5.32 Å². The summed E-state index contributed by atoms with van der Waals surface area (Å²) >= 11 is 0. The van der Waals surface area contributed by atoms with E-state index in [0.29, 0.717) is 30.5 Å². The van der Waals surface area contributed by atoms with Crippen LogP contribution in [0.2, 0.25) is 0 Å². The molecule has 2 rings (SSSR count). The van der Waals surface area contributed by atoms with Gasteiger partial charge >= 0.3 is 6.03 Å². The highest BCUT2D eigenvalue weighted by Gasteiger charge is 2.22. The summed E-state index contributed by atoms with van der Waals surface area (Å²) in [5.41, 5.74) is 0.377. The zero-order valence-corrected chi connectivity index (χ0v) is 13.4. The molecule has 1 aromatic rings. The zero-order valence-electron chi connectivity index (χ0n) is 13.4. The van der Waals surface area contributed by atoms with Crippen LogP contribution in [0.5, 0.6) is 5.75 Å². The van der Waals surface area contributed by atoms with Crippen LogP contribution in [0.15, 0.2) is 18.2 Å². The fourth-order valence-corrected chi connectivity index (χ4v) is 1.88. The average molecular weight is 309 g/mol. The van der Waals surface area contributed by atoms with E-state index >= 15 is 0 Å². The monoisotopic (exact) mass is 309 g/mol. The second-order valence-corrected chi connectivity index (χ2v) is 6.05. The van der Waals surface area contributed by atoms with Gasteiger partial charge in [-0.1, -0.05) is 0 Å². The third kappa shape index (κ3) is 5.18. The van der Waals surface area contributed by atoms with Gasteiger partial charge in [0.15, 0.2) is 0 Å². The maximum atomic E-state index is 13.4. The van der Waals surface area contributed by atoms with Gasteiger partial charge in [-0.25, -0.2) is 9.18 Å². The summed E-state index contributed by atoms with van der Waals surface area (Å²) in [6, 6.07) is 3.92. The SMILES string of the molecule is CN(C)CCN(C)C(=O)Nc1cc(F)ccc1OCC1CC1. The molecule has 6 heteroatoms. The minimum Gasteiger partial charge on any atom is -0.491 e. The molecule has 1 aliphatic rings. The molecule has 1 aliphatic carbocycles. The lowest BCUT2D eigenvalue weighted by Gasteiger charge is -2.21. The van der Waals surface area contributed by atoms with Crippen molar-refractivity contribution < 1.29 is 13.9 Å². The van der Waals surface area contributed by atoms with Crippen molar-refractivity contribution in [1.82, 2.24) is 9.80 Å². The molecule has 0 spiro atoms. The number of carbonyl (C=O) groups is 1. The van der Waals surface area contributed by atoms with Gasteiger partial charge in [-0.05, 0) is 45.0 Å². The minimum absolute atomic E-state index is 0.274. The van der Waals surface area contributed by atoms with E-state index in [1.807, 2.05) is 19.0 Å². The highest BCUT2D eigenvalue weighted by atomic mass is 19.1. The number of benzene rings is 1. The number of rotatable bonds is 7. The van der Waals surface area contributed by atoms with Crippen LogP contribution in [0.25, 0.3) is 0 Å². The summed E-state index contributed by atoms with van der Waals surface area (Å²) in [7, 11) is 5.60. The van der Waals surface area contributed by atoms with Crippen LogP contribution >= 0.6 is 0 Å². The molecule has 1 aromatic carbocycles. The first kappa shape index (κ1) is 16.5. The van der Waals surface area contributed by atoms with E-state index < -0.39 is 5.82 Å². The number of carbonyl (C=O) groups excluding carboxylic acids is 1. The first-order chi connectivity index (χ1) is 10.5. The van der Waals surface area contributed by atoms with Crippen LogP contribution in [0.3, 0.4) is 0 Å². The molecular weight excluding hydrogens is 285 g/mol. The van der Waals surface area contributed by atoms with E-state index in [0.717, 1.165) is 6.54 Å². The lowest BCUT2D eigenvalue weighted by Crippen LogP contribution is -2.36. The molecule has 1 saturated carbocycles. The Morgan fingerprint density at radius 1 is 1.32 bits per heavy atom. The van der Waals surface area contributed by atoms with E-state index in [1.54, 1.807) is 18.0 Å². The molecule has 122 valence electrons. The van der Waals surface area contributed by atoms with Gasteiger partial charge in [0.2, 0.25) is 0 Å². The fraction of sp³-hybridized carbons (Fsp3) is 0.562. The van der Waals surface area contributed by atoms with Crippen LogP contribution in [0.4, 0.5) is 14.9 Å². The molecular formula is C16H24FN3O2. The Hall–Kier alpha value is -1.82. The maximum Gasteiger partial charge on any atom is 0.321 e. The smallest absolute Gasteiger partial charge is 0.321 e. The molecule has 0 atom stereocenters. The van der Waals surface area contributed by atoms with Crippen LogP contribution < -0.4 is 10.1 Å². The van der Waals surface area contributed by atoms with Crippen molar-refractivity contribution in [2.75, 3.05) is 46.2 Å². The maximum absolute atomic E-state index is 13.4. The number of amides is 2. The van der Waals surface area contributed by atoms with Crippen molar-refractivity contribution in [3.63, 3.8) is 0 Å². The van der Waals surface area contributed by atoms with E-state index in [-0.39, 0.29) is 6.03 Å². The van der Waals surface area contributed by atoms with Crippen molar-refractivity contribution in [1.29, 1.82) is 0 Å². The third-order valence-electron chi connectivity index (χ3n) is 3.58. The topological polar surface area (TPSA) is 44.8 Å². The number of halogens is 1. The van der Waals surface area contributed by atoms with Crippen LogP contribution in [0.1, 0.15) is 12.8 Å². The number of hydrogen-bond acceptors (Lipinski definition) is 3. The number of nitrogens with zero attached hydrogens (tertiary/aromatic N) is 2. The quantitative estimate of drug-likeness (QED) is 0.842. The predicted molar refractivity (Wildman–Crippen MR) is 84.8 cm³/mol. The molecule has 0 heterocycles. The molecule has 1 fully saturated rings. The van der Waals surface area contributed by atoms with Gasteiger partial charge in [0.25, 0.3) is 0 Å². The fourth-order valence-electron chi connectivity index (χ4n) is 1.88. The number of nitrogens with one attached hydrogen (secondary N) is 1. The standard InChI is InChI=1S/C16H24FN3O2/c1-19(2)8-9-20(3)16(21)18-14-10-13(17)6-7-15(14)22-11-12-4-5-12/h6-7,10,12H,4-5,8-9,11H2,1-3H3,(H,18,21). The van der Waals surface area contributed by atoms with Crippen LogP contribution in [0, 0.1) is 11.7 Å². The second kappa shape index (κ2) is 7.45. The molecule has 2 amide bonds. The molecule has 22 heavy (non-hydrogen) atoms. The Labute approximate surface area is 131 Å². The molecule has 0 unspecified atom stereocenters. The van der Waals surface area contributed by atoms with Gasteiger partial charge in [0, 0.05) is 26.2 Å². The Bertz CT molecular complexity index is 518. The largest absolute Gasteiger partial charge is 0.491 e. The van der Waals surface area contributed by atoms with Gasteiger partial charge in [0.1, 0.15) is 11.6 Å². The molecule has 0 aromatic heterocycles.